The lowest BCUT2D eigenvalue weighted by atomic mass is 10.2. The number of hydrogen-bond acceptors (Lipinski definition) is 4. The van der Waals surface area contributed by atoms with Gasteiger partial charge >= 0.3 is 0 Å². The largest absolute Gasteiger partial charge is 0.483 e. The van der Waals surface area contributed by atoms with Crippen LogP contribution in [0, 0.1) is 6.92 Å². The van der Waals surface area contributed by atoms with Gasteiger partial charge in [0.15, 0.2) is 6.61 Å². The van der Waals surface area contributed by atoms with Gasteiger partial charge in [-0.3, -0.25) is 4.79 Å². The quantitative estimate of drug-likeness (QED) is 0.918. The Bertz CT molecular complexity index is 679. The number of para-hydroxylation sites is 1. The zero-order valence-electron chi connectivity index (χ0n) is 13.8. The third kappa shape index (κ3) is 4.26. The maximum Gasteiger partial charge on any atom is 0.262 e. The standard InChI is InChI=1S/C19H22N2O3/c1-15-4-2-3-5-18(15)24-14-19(22)20-16-6-8-17(9-7-16)21-10-12-23-13-11-21/h2-9H,10-14H2,1H3,(H,20,22). The van der Waals surface area contributed by atoms with E-state index >= 15 is 0 Å². The zero-order chi connectivity index (χ0) is 16.8. The van der Waals surface area contributed by atoms with Gasteiger partial charge in [-0.05, 0) is 42.8 Å². The normalized spacial score (nSPS) is 14.3. The molecular weight excluding hydrogens is 304 g/mol. The van der Waals surface area contributed by atoms with Crippen molar-refractivity contribution in [3.8, 4) is 5.75 Å². The van der Waals surface area contributed by atoms with Crippen molar-refractivity contribution in [2.75, 3.05) is 43.1 Å². The summed E-state index contributed by atoms with van der Waals surface area (Å²) in [6, 6.07) is 15.5. The molecule has 1 amide bonds. The Balaban J connectivity index is 1.52. The molecule has 0 spiro atoms. The van der Waals surface area contributed by atoms with E-state index < -0.39 is 0 Å². The van der Waals surface area contributed by atoms with E-state index in [4.69, 9.17) is 9.47 Å². The smallest absolute Gasteiger partial charge is 0.262 e. The third-order valence-corrected chi connectivity index (χ3v) is 3.98. The molecule has 1 N–H and O–H groups in total. The molecule has 0 radical (unpaired) electrons. The lowest BCUT2D eigenvalue weighted by Crippen LogP contribution is -2.36. The molecule has 0 aromatic heterocycles. The molecule has 24 heavy (non-hydrogen) atoms. The highest BCUT2D eigenvalue weighted by Crippen LogP contribution is 2.19. The molecule has 0 aliphatic carbocycles. The lowest BCUT2D eigenvalue weighted by Gasteiger charge is -2.28. The minimum Gasteiger partial charge on any atom is -0.483 e. The summed E-state index contributed by atoms with van der Waals surface area (Å²) in [4.78, 5) is 14.3. The number of aryl methyl sites for hydroxylation is 1. The number of ether oxygens (including phenoxy) is 2. The van der Waals surface area contributed by atoms with Gasteiger partial charge < -0.3 is 19.7 Å². The molecule has 1 heterocycles. The van der Waals surface area contributed by atoms with Crippen LogP contribution in [0.25, 0.3) is 0 Å². The van der Waals surface area contributed by atoms with Gasteiger partial charge in [0.2, 0.25) is 0 Å². The maximum absolute atomic E-state index is 12.0. The summed E-state index contributed by atoms with van der Waals surface area (Å²) in [7, 11) is 0. The Morgan fingerprint density at radius 1 is 1.12 bits per heavy atom. The third-order valence-electron chi connectivity index (χ3n) is 3.98. The lowest BCUT2D eigenvalue weighted by molar-refractivity contribution is -0.118. The number of anilines is 2. The van der Waals surface area contributed by atoms with E-state index in [2.05, 4.69) is 10.2 Å². The first-order valence-corrected chi connectivity index (χ1v) is 8.13. The Morgan fingerprint density at radius 2 is 1.83 bits per heavy atom. The second kappa shape index (κ2) is 7.84. The Kier molecular flexibility index (Phi) is 5.33. The molecule has 0 atom stereocenters. The van der Waals surface area contributed by atoms with Crippen molar-refractivity contribution in [3.63, 3.8) is 0 Å². The monoisotopic (exact) mass is 326 g/mol. The van der Waals surface area contributed by atoms with Gasteiger partial charge in [0, 0.05) is 24.5 Å². The van der Waals surface area contributed by atoms with Gasteiger partial charge in [0.05, 0.1) is 13.2 Å². The van der Waals surface area contributed by atoms with Gasteiger partial charge in [-0.2, -0.15) is 0 Å². The summed E-state index contributed by atoms with van der Waals surface area (Å²) >= 11 is 0. The first-order valence-electron chi connectivity index (χ1n) is 8.13. The number of nitrogens with one attached hydrogen (secondary N) is 1. The number of carbonyl (C=O) groups is 1. The Labute approximate surface area is 142 Å². The SMILES string of the molecule is Cc1ccccc1OCC(=O)Nc1ccc(N2CCOCC2)cc1. The van der Waals surface area contributed by atoms with E-state index in [1.165, 1.54) is 0 Å². The fraction of sp³-hybridized carbons (Fsp3) is 0.316. The maximum atomic E-state index is 12.0. The summed E-state index contributed by atoms with van der Waals surface area (Å²) in [6.45, 7) is 5.27. The van der Waals surface area contributed by atoms with Crippen molar-refractivity contribution in [2.24, 2.45) is 0 Å². The number of amides is 1. The molecular formula is C19H22N2O3. The van der Waals surface area contributed by atoms with Crippen molar-refractivity contribution < 1.29 is 14.3 Å². The fourth-order valence-electron chi connectivity index (χ4n) is 2.64. The Hall–Kier alpha value is -2.53. The van der Waals surface area contributed by atoms with Gasteiger partial charge in [-0.1, -0.05) is 18.2 Å². The summed E-state index contributed by atoms with van der Waals surface area (Å²) in [5, 5.41) is 2.85. The van der Waals surface area contributed by atoms with Crippen LogP contribution in [0.1, 0.15) is 5.56 Å². The van der Waals surface area contributed by atoms with Gasteiger partial charge in [-0.25, -0.2) is 0 Å². The molecule has 3 rings (SSSR count). The van der Waals surface area contributed by atoms with Crippen molar-refractivity contribution in [1.29, 1.82) is 0 Å². The molecule has 2 aromatic rings. The minimum atomic E-state index is -0.169. The summed E-state index contributed by atoms with van der Waals surface area (Å²) in [5.74, 6) is 0.563. The van der Waals surface area contributed by atoms with E-state index in [1.807, 2.05) is 55.5 Å². The van der Waals surface area contributed by atoms with E-state index in [0.717, 1.165) is 49.0 Å². The van der Waals surface area contributed by atoms with E-state index in [1.54, 1.807) is 0 Å². The van der Waals surface area contributed by atoms with Crippen LogP contribution in [0.2, 0.25) is 0 Å². The average molecular weight is 326 g/mol. The predicted octanol–water partition coefficient (Wildman–Crippen LogP) is 2.85. The second-order valence-electron chi connectivity index (χ2n) is 5.75. The molecule has 5 heteroatoms. The summed E-state index contributed by atoms with van der Waals surface area (Å²) in [5.41, 5.74) is 2.93. The first kappa shape index (κ1) is 16.3. The Morgan fingerprint density at radius 3 is 2.54 bits per heavy atom. The molecule has 1 aliphatic rings. The highest BCUT2D eigenvalue weighted by Gasteiger charge is 2.11. The molecule has 0 unspecified atom stereocenters. The number of rotatable bonds is 5. The van der Waals surface area contributed by atoms with Crippen LogP contribution in [-0.4, -0.2) is 38.8 Å². The fourth-order valence-corrected chi connectivity index (χ4v) is 2.64. The van der Waals surface area contributed by atoms with Crippen LogP contribution in [0.4, 0.5) is 11.4 Å². The van der Waals surface area contributed by atoms with Gasteiger partial charge in [-0.15, -0.1) is 0 Å². The number of carbonyl (C=O) groups excluding carboxylic acids is 1. The molecule has 0 bridgehead atoms. The van der Waals surface area contributed by atoms with E-state index in [0.29, 0.717) is 0 Å². The summed E-state index contributed by atoms with van der Waals surface area (Å²) < 4.78 is 10.9. The van der Waals surface area contributed by atoms with Gasteiger partial charge in [0.1, 0.15) is 5.75 Å². The molecule has 0 saturated carbocycles. The van der Waals surface area contributed by atoms with Crippen LogP contribution >= 0.6 is 0 Å². The van der Waals surface area contributed by atoms with Crippen molar-refractivity contribution in [1.82, 2.24) is 0 Å². The minimum absolute atomic E-state index is 0.00390. The summed E-state index contributed by atoms with van der Waals surface area (Å²) in [6.07, 6.45) is 0. The predicted molar refractivity (Wildman–Crippen MR) is 94.8 cm³/mol. The van der Waals surface area contributed by atoms with Crippen LogP contribution in [0.5, 0.6) is 5.75 Å². The van der Waals surface area contributed by atoms with Crippen LogP contribution in [-0.2, 0) is 9.53 Å². The van der Waals surface area contributed by atoms with Crippen molar-refractivity contribution in [3.05, 3.63) is 54.1 Å². The zero-order valence-corrected chi connectivity index (χ0v) is 13.8. The molecule has 5 nitrogen and oxygen atoms in total. The molecule has 1 fully saturated rings. The van der Waals surface area contributed by atoms with Crippen molar-refractivity contribution in [2.45, 2.75) is 6.92 Å². The number of benzene rings is 2. The second-order valence-corrected chi connectivity index (χ2v) is 5.75. The highest BCUT2D eigenvalue weighted by molar-refractivity contribution is 5.92. The number of hydrogen-bond donors (Lipinski definition) is 1. The number of nitrogens with zero attached hydrogens (tertiary/aromatic N) is 1. The van der Waals surface area contributed by atoms with Crippen LogP contribution < -0.4 is 15.0 Å². The van der Waals surface area contributed by atoms with E-state index in [9.17, 15) is 4.79 Å². The molecule has 126 valence electrons. The van der Waals surface area contributed by atoms with Crippen LogP contribution in [0.3, 0.4) is 0 Å². The topological polar surface area (TPSA) is 50.8 Å². The average Bonchev–Trinajstić information content (AvgIpc) is 2.62. The highest BCUT2D eigenvalue weighted by atomic mass is 16.5. The van der Waals surface area contributed by atoms with Crippen LogP contribution in [0.15, 0.2) is 48.5 Å². The molecule has 1 aliphatic heterocycles. The number of morpholine rings is 1. The van der Waals surface area contributed by atoms with Crippen molar-refractivity contribution >= 4 is 17.3 Å². The molecule has 1 saturated heterocycles. The first-order chi connectivity index (χ1) is 11.7. The van der Waals surface area contributed by atoms with Gasteiger partial charge in [0.25, 0.3) is 5.91 Å². The molecule has 2 aromatic carbocycles. The van der Waals surface area contributed by atoms with E-state index in [-0.39, 0.29) is 12.5 Å².